The van der Waals surface area contributed by atoms with E-state index >= 15 is 0 Å². The van der Waals surface area contributed by atoms with Gasteiger partial charge < -0.3 is 14.9 Å². The minimum absolute atomic E-state index is 0.0331. The molecule has 0 atom stereocenters. The van der Waals surface area contributed by atoms with Gasteiger partial charge in [0.15, 0.2) is 0 Å². The Labute approximate surface area is 147 Å². The number of thioether (sulfide) groups is 1. The second kappa shape index (κ2) is 9.29. The van der Waals surface area contributed by atoms with Crippen molar-refractivity contribution in [3.8, 4) is 11.4 Å². The first kappa shape index (κ1) is 18.3. The lowest BCUT2D eigenvalue weighted by Gasteiger charge is -2.02. The third kappa shape index (κ3) is 6.21. The lowest BCUT2D eigenvalue weighted by atomic mass is 10.2. The van der Waals surface area contributed by atoms with Crippen molar-refractivity contribution in [1.29, 1.82) is 0 Å². The number of carboxylic acid groups (broad SMARTS) is 1. The summed E-state index contributed by atoms with van der Waals surface area (Å²) in [5.41, 5.74) is 0.786. The minimum Gasteiger partial charge on any atom is -0.481 e. The van der Waals surface area contributed by atoms with Gasteiger partial charge in [0.25, 0.3) is 0 Å². The van der Waals surface area contributed by atoms with E-state index in [0.29, 0.717) is 35.5 Å². The van der Waals surface area contributed by atoms with Crippen molar-refractivity contribution >= 4 is 35.2 Å². The predicted molar refractivity (Wildman–Crippen MR) is 91.0 cm³/mol. The van der Waals surface area contributed by atoms with Crippen molar-refractivity contribution in [3.05, 3.63) is 35.2 Å². The van der Waals surface area contributed by atoms with Gasteiger partial charge >= 0.3 is 5.97 Å². The highest BCUT2D eigenvalue weighted by atomic mass is 35.5. The number of carboxylic acids is 1. The lowest BCUT2D eigenvalue weighted by Crippen LogP contribution is -2.26. The highest BCUT2D eigenvalue weighted by Gasteiger charge is 2.10. The zero-order valence-corrected chi connectivity index (χ0v) is 14.3. The molecule has 0 radical (unpaired) electrons. The molecule has 1 amide bonds. The van der Waals surface area contributed by atoms with Crippen LogP contribution in [-0.2, 0) is 16.0 Å². The fourth-order valence-electron chi connectivity index (χ4n) is 1.80. The smallest absolute Gasteiger partial charge is 0.313 e. The van der Waals surface area contributed by atoms with Gasteiger partial charge in [-0.05, 0) is 24.3 Å². The van der Waals surface area contributed by atoms with Crippen molar-refractivity contribution in [3.63, 3.8) is 0 Å². The fourth-order valence-corrected chi connectivity index (χ4v) is 2.49. The second-order valence-electron chi connectivity index (χ2n) is 4.81. The van der Waals surface area contributed by atoms with E-state index in [9.17, 15) is 9.59 Å². The van der Waals surface area contributed by atoms with Crippen LogP contribution in [0.15, 0.2) is 28.8 Å². The number of rotatable bonds is 9. The molecule has 0 unspecified atom stereocenters. The van der Waals surface area contributed by atoms with E-state index < -0.39 is 5.97 Å². The quantitative estimate of drug-likeness (QED) is 0.653. The number of aryl methyl sites for hydroxylation is 1. The third-order valence-electron chi connectivity index (χ3n) is 2.93. The molecule has 0 aliphatic carbocycles. The van der Waals surface area contributed by atoms with Gasteiger partial charge in [-0.1, -0.05) is 16.8 Å². The SMILES string of the molecule is O=C(O)CSCCNC(=O)CCc1nc(-c2ccc(Cl)cc2)no1. The average Bonchev–Trinajstić information content (AvgIpc) is 3.02. The summed E-state index contributed by atoms with van der Waals surface area (Å²) in [6.45, 7) is 0.427. The normalized spacial score (nSPS) is 10.5. The number of hydrogen-bond donors (Lipinski definition) is 2. The van der Waals surface area contributed by atoms with Crippen LogP contribution in [0.1, 0.15) is 12.3 Å². The van der Waals surface area contributed by atoms with Crippen LogP contribution >= 0.6 is 23.4 Å². The molecule has 9 heteroatoms. The zero-order chi connectivity index (χ0) is 17.4. The van der Waals surface area contributed by atoms with Crippen molar-refractivity contribution < 1.29 is 19.2 Å². The number of benzene rings is 1. The monoisotopic (exact) mass is 369 g/mol. The topological polar surface area (TPSA) is 105 Å². The predicted octanol–water partition coefficient (Wildman–Crippen LogP) is 2.26. The van der Waals surface area contributed by atoms with Crippen LogP contribution in [0.3, 0.4) is 0 Å². The van der Waals surface area contributed by atoms with E-state index in [2.05, 4.69) is 15.5 Å². The summed E-state index contributed by atoms with van der Waals surface area (Å²) >= 11 is 7.08. The molecule has 0 fully saturated rings. The average molecular weight is 370 g/mol. The zero-order valence-electron chi connectivity index (χ0n) is 12.7. The molecule has 128 valence electrons. The number of hydrogen-bond acceptors (Lipinski definition) is 6. The van der Waals surface area contributed by atoms with Crippen molar-refractivity contribution in [2.45, 2.75) is 12.8 Å². The number of amides is 1. The summed E-state index contributed by atoms with van der Waals surface area (Å²) in [5, 5.41) is 15.7. The summed E-state index contributed by atoms with van der Waals surface area (Å²) in [6.07, 6.45) is 0.570. The van der Waals surface area contributed by atoms with Gasteiger partial charge in [-0.15, -0.1) is 11.8 Å². The van der Waals surface area contributed by atoms with Gasteiger partial charge in [0.05, 0.1) is 5.75 Å². The number of aromatic nitrogens is 2. The molecule has 1 aromatic heterocycles. The summed E-state index contributed by atoms with van der Waals surface area (Å²) in [7, 11) is 0. The van der Waals surface area contributed by atoms with E-state index in [0.717, 1.165) is 5.56 Å². The van der Waals surface area contributed by atoms with Crippen LogP contribution in [0.2, 0.25) is 5.02 Å². The Morgan fingerprint density at radius 1 is 1.29 bits per heavy atom. The van der Waals surface area contributed by atoms with E-state index in [1.165, 1.54) is 11.8 Å². The van der Waals surface area contributed by atoms with Crippen molar-refractivity contribution in [2.24, 2.45) is 0 Å². The van der Waals surface area contributed by atoms with Crippen LogP contribution in [0.25, 0.3) is 11.4 Å². The lowest BCUT2D eigenvalue weighted by molar-refractivity contribution is -0.133. The molecule has 0 saturated carbocycles. The Bertz CT molecular complexity index is 690. The molecule has 1 heterocycles. The van der Waals surface area contributed by atoms with Gasteiger partial charge in [-0.25, -0.2) is 0 Å². The molecule has 2 aromatic rings. The van der Waals surface area contributed by atoms with Crippen molar-refractivity contribution in [2.75, 3.05) is 18.1 Å². The first-order chi connectivity index (χ1) is 11.5. The maximum atomic E-state index is 11.7. The fraction of sp³-hybridized carbons (Fsp3) is 0.333. The molecule has 7 nitrogen and oxygen atoms in total. The molecule has 0 spiro atoms. The molecule has 2 rings (SSSR count). The van der Waals surface area contributed by atoms with Gasteiger partial charge in [-0.2, -0.15) is 4.98 Å². The van der Waals surface area contributed by atoms with Crippen LogP contribution in [-0.4, -0.2) is 45.2 Å². The molecule has 1 aromatic carbocycles. The maximum Gasteiger partial charge on any atom is 0.313 e. The Kier molecular flexibility index (Phi) is 7.07. The third-order valence-corrected chi connectivity index (χ3v) is 4.13. The molecule has 0 aliphatic rings. The van der Waals surface area contributed by atoms with Crippen LogP contribution in [0.4, 0.5) is 0 Å². The van der Waals surface area contributed by atoms with Gasteiger partial charge in [0.1, 0.15) is 0 Å². The van der Waals surface area contributed by atoms with Crippen LogP contribution in [0.5, 0.6) is 0 Å². The molecule has 0 aliphatic heterocycles. The summed E-state index contributed by atoms with van der Waals surface area (Å²) < 4.78 is 5.13. The van der Waals surface area contributed by atoms with Crippen LogP contribution < -0.4 is 5.32 Å². The number of aliphatic carboxylic acids is 1. The van der Waals surface area contributed by atoms with Crippen molar-refractivity contribution in [1.82, 2.24) is 15.5 Å². The Morgan fingerprint density at radius 3 is 2.75 bits per heavy atom. The second-order valence-corrected chi connectivity index (χ2v) is 6.36. The number of nitrogens with one attached hydrogen (secondary N) is 1. The number of carbonyl (C=O) groups is 2. The van der Waals surface area contributed by atoms with E-state index in [-0.39, 0.29) is 18.1 Å². The number of nitrogens with zero attached hydrogens (tertiary/aromatic N) is 2. The highest BCUT2D eigenvalue weighted by Crippen LogP contribution is 2.18. The van der Waals surface area contributed by atoms with E-state index in [1.54, 1.807) is 24.3 Å². The van der Waals surface area contributed by atoms with E-state index in [4.69, 9.17) is 21.2 Å². The molecule has 0 bridgehead atoms. The first-order valence-electron chi connectivity index (χ1n) is 7.19. The van der Waals surface area contributed by atoms with E-state index in [1.807, 2.05) is 0 Å². The largest absolute Gasteiger partial charge is 0.481 e. The van der Waals surface area contributed by atoms with Gasteiger partial charge in [0.2, 0.25) is 17.6 Å². The van der Waals surface area contributed by atoms with Crippen LogP contribution in [0, 0.1) is 0 Å². The minimum atomic E-state index is -0.862. The Balaban J connectivity index is 1.71. The van der Waals surface area contributed by atoms with Gasteiger partial charge in [0, 0.05) is 35.7 Å². The Hall–Kier alpha value is -2.06. The summed E-state index contributed by atoms with van der Waals surface area (Å²) in [6, 6.07) is 7.06. The molecular weight excluding hydrogens is 354 g/mol. The summed E-state index contributed by atoms with van der Waals surface area (Å²) in [5.74, 6) is 0.420. The molecule has 0 saturated heterocycles. The standard InChI is InChI=1S/C15H16ClN3O4S/c16-11-3-1-10(2-4-11)15-18-13(23-19-15)6-5-12(20)17-7-8-24-9-14(21)22/h1-4H,5-9H2,(H,17,20)(H,21,22). The maximum absolute atomic E-state index is 11.7. The highest BCUT2D eigenvalue weighted by molar-refractivity contribution is 7.99. The molecule has 2 N–H and O–H groups in total. The first-order valence-corrected chi connectivity index (χ1v) is 8.72. The number of halogens is 1. The van der Waals surface area contributed by atoms with Gasteiger partial charge in [-0.3, -0.25) is 9.59 Å². The molecule has 24 heavy (non-hydrogen) atoms. The Morgan fingerprint density at radius 2 is 2.04 bits per heavy atom. The molecular formula is C15H16ClN3O4S. The number of carbonyl (C=O) groups excluding carboxylic acids is 1. The summed E-state index contributed by atoms with van der Waals surface area (Å²) in [4.78, 5) is 26.3.